The van der Waals surface area contributed by atoms with Gasteiger partial charge in [-0.05, 0) is 31.9 Å². The molecule has 1 heterocycles. The van der Waals surface area contributed by atoms with E-state index in [0.717, 1.165) is 56.7 Å². The van der Waals surface area contributed by atoms with Crippen LogP contribution in [0.15, 0.2) is 29.3 Å². The number of hydrogen-bond acceptors (Lipinski definition) is 4. The van der Waals surface area contributed by atoms with Crippen molar-refractivity contribution in [3.8, 4) is 11.5 Å². The molecule has 1 aliphatic rings. The zero-order valence-electron chi connectivity index (χ0n) is 15.7. The minimum absolute atomic E-state index is 0.606. The largest absolute Gasteiger partial charge is 0.497 e. The number of methoxy groups -OCH3 is 1. The first-order valence-electron chi connectivity index (χ1n) is 9.07. The van der Waals surface area contributed by atoms with Crippen molar-refractivity contribution in [1.82, 2.24) is 10.2 Å². The van der Waals surface area contributed by atoms with E-state index >= 15 is 0 Å². The normalized spacial score (nSPS) is 17.6. The van der Waals surface area contributed by atoms with Gasteiger partial charge in [0.15, 0.2) is 5.96 Å². The molecule has 0 bridgehead atoms. The second-order valence-electron chi connectivity index (χ2n) is 6.12. The fraction of sp³-hybridized carbons (Fsp3) is 0.632. The molecule has 1 fully saturated rings. The van der Waals surface area contributed by atoms with Gasteiger partial charge in [-0.3, -0.25) is 4.99 Å². The van der Waals surface area contributed by atoms with E-state index < -0.39 is 0 Å². The van der Waals surface area contributed by atoms with Crippen LogP contribution in [-0.4, -0.2) is 64.5 Å². The average molecular weight is 349 g/mol. The highest BCUT2D eigenvalue weighted by Crippen LogP contribution is 2.19. The van der Waals surface area contributed by atoms with Gasteiger partial charge in [0.1, 0.15) is 11.5 Å². The molecule has 140 valence electrons. The summed E-state index contributed by atoms with van der Waals surface area (Å²) in [5.74, 6) is 3.23. The van der Waals surface area contributed by atoms with Gasteiger partial charge in [-0.25, -0.2) is 0 Å². The lowest BCUT2D eigenvalue weighted by molar-refractivity contribution is 0.114. The number of likely N-dealkylation sites (tertiary alicyclic amines) is 1. The Kier molecular flexibility index (Phi) is 8.39. The van der Waals surface area contributed by atoms with Crippen LogP contribution in [0.1, 0.15) is 19.8 Å². The highest BCUT2D eigenvalue weighted by atomic mass is 16.5. The highest BCUT2D eigenvalue weighted by Gasteiger charge is 2.24. The number of nitrogens with one attached hydrogen (secondary N) is 1. The molecule has 1 unspecified atom stereocenters. The maximum atomic E-state index is 5.76. The van der Waals surface area contributed by atoms with Gasteiger partial charge >= 0.3 is 0 Å². The van der Waals surface area contributed by atoms with Gasteiger partial charge in [-0.2, -0.15) is 0 Å². The summed E-state index contributed by atoms with van der Waals surface area (Å²) in [5, 5.41) is 3.43. The molecule has 0 amide bonds. The van der Waals surface area contributed by atoms with E-state index in [2.05, 4.69) is 15.2 Å². The summed E-state index contributed by atoms with van der Waals surface area (Å²) in [7, 11) is 3.50. The second kappa shape index (κ2) is 10.8. The predicted octanol–water partition coefficient (Wildman–Crippen LogP) is 2.40. The Balaban J connectivity index is 1.64. The quantitative estimate of drug-likeness (QED) is 0.421. The van der Waals surface area contributed by atoms with E-state index in [-0.39, 0.29) is 0 Å². The van der Waals surface area contributed by atoms with Crippen molar-refractivity contribution in [1.29, 1.82) is 0 Å². The van der Waals surface area contributed by atoms with Gasteiger partial charge in [0, 0.05) is 45.3 Å². The third-order valence-corrected chi connectivity index (χ3v) is 4.27. The van der Waals surface area contributed by atoms with Crippen molar-refractivity contribution in [2.45, 2.75) is 19.8 Å². The van der Waals surface area contributed by atoms with Gasteiger partial charge < -0.3 is 24.4 Å². The Morgan fingerprint density at radius 2 is 2.20 bits per heavy atom. The minimum atomic E-state index is 0.606. The summed E-state index contributed by atoms with van der Waals surface area (Å²) in [6, 6.07) is 7.68. The number of nitrogens with zero attached hydrogens (tertiary/aromatic N) is 2. The summed E-state index contributed by atoms with van der Waals surface area (Å²) in [5.41, 5.74) is 0. The maximum absolute atomic E-state index is 5.76. The summed E-state index contributed by atoms with van der Waals surface area (Å²) >= 11 is 0. The van der Waals surface area contributed by atoms with Crippen molar-refractivity contribution in [2.24, 2.45) is 10.9 Å². The molecule has 0 aromatic heterocycles. The van der Waals surface area contributed by atoms with Crippen LogP contribution in [0.3, 0.4) is 0 Å². The minimum Gasteiger partial charge on any atom is -0.497 e. The Morgan fingerprint density at radius 1 is 1.36 bits per heavy atom. The topological polar surface area (TPSA) is 55.3 Å². The third kappa shape index (κ3) is 6.46. The molecular weight excluding hydrogens is 318 g/mol. The van der Waals surface area contributed by atoms with Crippen molar-refractivity contribution in [2.75, 3.05) is 53.6 Å². The van der Waals surface area contributed by atoms with E-state index in [1.165, 1.54) is 6.42 Å². The monoisotopic (exact) mass is 349 g/mol. The molecule has 1 aliphatic heterocycles. The van der Waals surface area contributed by atoms with Crippen LogP contribution in [-0.2, 0) is 4.74 Å². The van der Waals surface area contributed by atoms with E-state index in [9.17, 15) is 0 Å². The molecule has 0 saturated carbocycles. The molecule has 6 heteroatoms. The van der Waals surface area contributed by atoms with Gasteiger partial charge in [-0.15, -0.1) is 0 Å². The van der Waals surface area contributed by atoms with Crippen LogP contribution in [0.4, 0.5) is 0 Å². The molecule has 1 N–H and O–H groups in total. The Morgan fingerprint density at radius 3 is 2.96 bits per heavy atom. The number of guanidine groups is 1. The first-order valence-corrected chi connectivity index (χ1v) is 9.07. The average Bonchev–Trinajstić information content (AvgIpc) is 3.11. The van der Waals surface area contributed by atoms with E-state index in [4.69, 9.17) is 14.2 Å². The van der Waals surface area contributed by atoms with Crippen molar-refractivity contribution >= 4 is 5.96 Å². The van der Waals surface area contributed by atoms with Gasteiger partial charge in [0.25, 0.3) is 0 Å². The first-order chi connectivity index (χ1) is 12.3. The third-order valence-electron chi connectivity index (χ3n) is 4.27. The molecule has 1 saturated heterocycles. The summed E-state index contributed by atoms with van der Waals surface area (Å²) in [6.07, 6.45) is 2.08. The van der Waals surface area contributed by atoms with E-state index in [1.807, 2.05) is 38.2 Å². The van der Waals surface area contributed by atoms with Crippen LogP contribution in [0.5, 0.6) is 11.5 Å². The number of rotatable bonds is 9. The first kappa shape index (κ1) is 19.4. The van der Waals surface area contributed by atoms with Crippen molar-refractivity contribution < 1.29 is 14.2 Å². The van der Waals surface area contributed by atoms with Crippen LogP contribution >= 0.6 is 0 Å². The molecule has 1 aromatic rings. The molecule has 0 radical (unpaired) electrons. The van der Waals surface area contributed by atoms with Crippen LogP contribution < -0.4 is 14.8 Å². The molecule has 1 aromatic carbocycles. The maximum Gasteiger partial charge on any atom is 0.193 e. The lowest BCUT2D eigenvalue weighted by Crippen LogP contribution is -2.40. The Hall–Kier alpha value is -1.95. The molecule has 0 aliphatic carbocycles. The molecule has 2 rings (SSSR count). The molecule has 6 nitrogen and oxygen atoms in total. The summed E-state index contributed by atoms with van der Waals surface area (Å²) < 4.78 is 16.5. The fourth-order valence-electron chi connectivity index (χ4n) is 2.93. The predicted molar refractivity (Wildman–Crippen MR) is 101 cm³/mol. The highest BCUT2D eigenvalue weighted by molar-refractivity contribution is 5.80. The van der Waals surface area contributed by atoms with Crippen LogP contribution in [0.25, 0.3) is 0 Å². The van der Waals surface area contributed by atoms with Gasteiger partial charge in [-0.1, -0.05) is 6.07 Å². The lowest BCUT2D eigenvalue weighted by Gasteiger charge is -2.21. The standard InChI is InChI=1S/C19H31N3O3/c1-4-24-15-16-9-11-22(14-16)19(20-2)21-10-6-12-25-18-8-5-7-17(13-18)23-3/h5,7-8,13,16H,4,6,9-12,14-15H2,1-3H3,(H,20,21). The molecule has 0 spiro atoms. The Labute approximate surface area is 151 Å². The number of aliphatic imine (C=N–C) groups is 1. The van der Waals surface area contributed by atoms with Gasteiger partial charge in [0.05, 0.1) is 20.3 Å². The second-order valence-corrected chi connectivity index (χ2v) is 6.12. The molecular formula is C19H31N3O3. The van der Waals surface area contributed by atoms with Crippen molar-refractivity contribution in [3.63, 3.8) is 0 Å². The zero-order chi connectivity index (χ0) is 17.9. The number of hydrogen-bond donors (Lipinski definition) is 1. The molecule has 1 atom stereocenters. The SMILES string of the molecule is CCOCC1CCN(C(=NC)NCCCOc2cccc(OC)c2)C1. The lowest BCUT2D eigenvalue weighted by atomic mass is 10.1. The van der Waals surface area contributed by atoms with Crippen LogP contribution in [0.2, 0.25) is 0 Å². The Bertz CT molecular complexity index is 536. The van der Waals surface area contributed by atoms with E-state index in [0.29, 0.717) is 12.5 Å². The number of ether oxygens (including phenoxy) is 3. The number of benzene rings is 1. The van der Waals surface area contributed by atoms with Gasteiger partial charge in [0.2, 0.25) is 0 Å². The fourth-order valence-corrected chi connectivity index (χ4v) is 2.93. The molecule has 25 heavy (non-hydrogen) atoms. The smallest absolute Gasteiger partial charge is 0.193 e. The summed E-state index contributed by atoms with van der Waals surface area (Å²) in [6.45, 7) is 7.22. The zero-order valence-corrected chi connectivity index (χ0v) is 15.7. The van der Waals surface area contributed by atoms with E-state index in [1.54, 1.807) is 7.11 Å². The van der Waals surface area contributed by atoms with Crippen LogP contribution in [0, 0.1) is 5.92 Å². The summed E-state index contributed by atoms with van der Waals surface area (Å²) in [4.78, 5) is 6.71. The van der Waals surface area contributed by atoms with Crippen molar-refractivity contribution in [3.05, 3.63) is 24.3 Å².